The van der Waals surface area contributed by atoms with E-state index < -0.39 is 0 Å². The molecule has 0 fully saturated rings. The van der Waals surface area contributed by atoms with Crippen molar-refractivity contribution in [2.45, 2.75) is 12.7 Å². The fraction of sp³-hybridized carbons (Fsp3) is 0.0909. The van der Waals surface area contributed by atoms with Crippen molar-refractivity contribution in [3.63, 3.8) is 0 Å². The molecule has 0 radical (unpaired) electrons. The number of carbonyl (C=O) groups is 1. The number of hydrogen-bond acceptors (Lipinski definition) is 4. The SMILES string of the molecule is O=C1c2ccccc2NC(c2ccc(Br)c3cccnc23)N1Cc1ccco1. The molecule has 0 spiro atoms. The van der Waals surface area contributed by atoms with Crippen molar-refractivity contribution >= 4 is 38.4 Å². The largest absolute Gasteiger partial charge is 0.467 e. The lowest BCUT2D eigenvalue weighted by Gasteiger charge is -2.38. The minimum atomic E-state index is -0.363. The maximum Gasteiger partial charge on any atom is 0.258 e. The number of para-hydroxylation sites is 1. The lowest BCUT2D eigenvalue weighted by atomic mass is 10.0. The molecule has 0 aliphatic carbocycles. The smallest absolute Gasteiger partial charge is 0.258 e. The summed E-state index contributed by atoms with van der Waals surface area (Å²) in [6.07, 6.45) is 3.03. The van der Waals surface area contributed by atoms with Gasteiger partial charge in [-0.2, -0.15) is 0 Å². The van der Waals surface area contributed by atoms with Crippen LogP contribution in [0.15, 0.2) is 82.0 Å². The highest BCUT2D eigenvalue weighted by Crippen LogP contribution is 2.37. The summed E-state index contributed by atoms with van der Waals surface area (Å²) in [4.78, 5) is 19.7. The topological polar surface area (TPSA) is 58.4 Å². The predicted octanol–water partition coefficient (Wildman–Crippen LogP) is 5.36. The quantitative estimate of drug-likeness (QED) is 0.472. The highest BCUT2D eigenvalue weighted by Gasteiger charge is 2.34. The summed E-state index contributed by atoms with van der Waals surface area (Å²) in [5.74, 6) is 0.691. The summed E-state index contributed by atoms with van der Waals surface area (Å²) in [6, 6.07) is 19.2. The molecule has 0 saturated carbocycles. The molecule has 5 nitrogen and oxygen atoms in total. The number of fused-ring (bicyclic) bond motifs is 2. The van der Waals surface area contributed by atoms with Crippen LogP contribution >= 0.6 is 15.9 Å². The Morgan fingerprint density at radius 3 is 2.82 bits per heavy atom. The molecule has 2 aromatic heterocycles. The number of nitrogens with zero attached hydrogens (tertiary/aromatic N) is 2. The standard InChI is InChI=1S/C22H16BrN3O2/c23-18-10-9-17(20-15(18)7-3-11-24-20)21-25-19-8-2-1-6-16(19)22(27)26(21)13-14-5-4-12-28-14/h1-12,21,25H,13H2. The van der Waals surface area contributed by atoms with Gasteiger partial charge in [0.25, 0.3) is 5.91 Å². The van der Waals surface area contributed by atoms with E-state index in [4.69, 9.17) is 4.42 Å². The van der Waals surface area contributed by atoms with E-state index in [0.717, 1.165) is 32.4 Å². The van der Waals surface area contributed by atoms with Gasteiger partial charge >= 0.3 is 0 Å². The van der Waals surface area contributed by atoms with Gasteiger partial charge in [-0.1, -0.05) is 40.2 Å². The van der Waals surface area contributed by atoms with Crippen LogP contribution in [0.3, 0.4) is 0 Å². The van der Waals surface area contributed by atoms with Crippen molar-refractivity contribution in [2.75, 3.05) is 5.32 Å². The Kier molecular flexibility index (Phi) is 4.13. The number of benzene rings is 2. The molecule has 28 heavy (non-hydrogen) atoms. The number of amides is 1. The first kappa shape index (κ1) is 17.0. The second kappa shape index (κ2) is 6.80. The lowest BCUT2D eigenvalue weighted by molar-refractivity contribution is 0.0652. The van der Waals surface area contributed by atoms with Crippen LogP contribution in [0, 0.1) is 0 Å². The third-order valence-electron chi connectivity index (χ3n) is 4.97. The van der Waals surface area contributed by atoms with Gasteiger partial charge in [0.2, 0.25) is 0 Å². The molecule has 1 amide bonds. The third-order valence-corrected chi connectivity index (χ3v) is 5.66. The van der Waals surface area contributed by atoms with Gasteiger partial charge < -0.3 is 14.6 Å². The van der Waals surface area contributed by atoms with E-state index >= 15 is 0 Å². The van der Waals surface area contributed by atoms with Gasteiger partial charge in [-0.05, 0) is 36.4 Å². The van der Waals surface area contributed by atoms with Gasteiger partial charge in [0.05, 0.1) is 23.9 Å². The van der Waals surface area contributed by atoms with Crippen LogP contribution in [-0.4, -0.2) is 15.8 Å². The molecule has 4 aromatic rings. The Morgan fingerprint density at radius 2 is 1.96 bits per heavy atom. The number of furan rings is 1. The van der Waals surface area contributed by atoms with Gasteiger partial charge in [-0.3, -0.25) is 9.78 Å². The maximum absolute atomic E-state index is 13.3. The average Bonchev–Trinajstić information content (AvgIpc) is 3.24. The molecule has 2 aromatic carbocycles. The van der Waals surface area contributed by atoms with Crippen molar-refractivity contribution in [3.8, 4) is 0 Å². The Bertz CT molecular complexity index is 1170. The molecule has 5 rings (SSSR count). The zero-order valence-corrected chi connectivity index (χ0v) is 16.4. The van der Waals surface area contributed by atoms with Crippen molar-refractivity contribution in [2.24, 2.45) is 0 Å². The van der Waals surface area contributed by atoms with Crippen molar-refractivity contribution in [3.05, 3.63) is 94.5 Å². The average molecular weight is 434 g/mol. The number of hydrogen-bond donors (Lipinski definition) is 1. The second-order valence-electron chi connectivity index (χ2n) is 6.64. The van der Waals surface area contributed by atoms with E-state index in [1.165, 1.54) is 0 Å². The van der Waals surface area contributed by atoms with Crippen LogP contribution in [0.5, 0.6) is 0 Å². The number of carbonyl (C=O) groups excluding carboxylic acids is 1. The molecular formula is C22H16BrN3O2. The molecule has 1 aliphatic rings. The van der Waals surface area contributed by atoms with Gasteiger partial charge in [0.1, 0.15) is 11.9 Å². The van der Waals surface area contributed by atoms with Gasteiger partial charge in [0, 0.05) is 27.3 Å². The van der Waals surface area contributed by atoms with Crippen LogP contribution in [0.25, 0.3) is 10.9 Å². The molecule has 6 heteroatoms. The van der Waals surface area contributed by atoms with E-state index in [-0.39, 0.29) is 12.1 Å². The molecule has 1 atom stereocenters. The van der Waals surface area contributed by atoms with Crippen LogP contribution in [-0.2, 0) is 6.54 Å². The Hall–Kier alpha value is -3.12. The van der Waals surface area contributed by atoms with Crippen molar-refractivity contribution < 1.29 is 9.21 Å². The summed E-state index contributed by atoms with van der Waals surface area (Å²) in [6.45, 7) is 0.363. The Labute approximate surface area is 170 Å². The Balaban J connectivity index is 1.68. The summed E-state index contributed by atoms with van der Waals surface area (Å²) in [5, 5.41) is 4.53. The molecule has 1 N–H and O–H groups in total. The third kappa shape index (κ3) is 2.77. The zero-order chi connectivity index (χ0) is 19.1. The first-order valence-corrected chi connectivity index (χ1v) is 9.74. The number of nitrogens with one attached hydrogen (secondary N) is 1. The number of rotatable bonds is 3. The molecule has 0 bridgehead atoms. The van der Waals surface area contributed by atoms with E-state index in [1.807, 2.05) is 60.7 Å². The van der Waals surface area contributed by atoms with Gasteiger partial charge in [0.15, 0.2) is 0 Å². The molecule has 1 unspecified atom stereocenters. The molecule has 3 heterocycles. The molecular weight excluding hydrogens is 418 g/mol. The van der Waals surface area contributed by atoms with Crippen LogP contribution in [0.2, 0.25) is 0 Å². The summed E-state index contributed by atoms with van der Waals surface area (Å²) < 4.78 is 6.49. The molecule has 138 valence electrons. The number of halogens is 1. The maximum atomic E-state index is 13.3. The predicted molar refractivity (Wildman–Crippen MR) is 111 cm³/mol. The van der Waals surface area contributed by atoms with Gasteiger partial charge in [-0.25, -0.2) is 0 Å². The molecule has 0 saturated heterocycles. The number of anilines is 1. The summed E-state index contributed by atoms with van der Waals surface area (Å²) >= 11 is 3.60. The second-order valence-corrected chi connectivity index (χ2v) is 7.50. The number of aromatic nitrogens is 1. The van der Waals surface area contributed by atoms with E-state index in [1.54, 1.807) is 17.4 Å². The lowest BCUT2D eigenvalue weighted by Crippen LogP contribution is -2.42. The summed E-state index contributed by atoms with van der Waals surface area (Å²) in [7, 11) is 0. The van der Waals surface area contributed by atoms with Crippen LogP contribution in [0.1, 0.15) is 27.8 Å². The highest BCUT2D eigenvalue weighted by atomic mass is 79.9. The van der Waals surface area contributed by atoms with E-state index in [0.29, 0.717) is 12.1 Å². The first-order valence-electron chi connectivity index (χ1n) is 8.94. The van der Waals surface area contributed by atoms with E-state index in [2.05, 4.69) is 26.2 Å². The van der Waals surface area contributed by atoms with Crippen molar-refractivity contribution in [1.82, 2.24) is 9.88 Å². The van der Waals surface area contributed by atoms with Crippen LogP contribution in [0.4, 0.5) is 5.69 Å². The number of pyridine rings is 1. The summed E-state index contributed by atoms with van der Waals surface area (Å²) in [5.41, 5.74) is 3.26. The van der Waals surface area contributed by atoms with Gasteiger partial charge in [-0.15, -0.1) is 0 Å². The monoisotopic (exact) mass is 433 g/mol. The minimum absolute atomic E-state index is 0.0391. The fourth-order valence-corrected chi connectivity index (χ4v) is 4.10. The van der Waals surface area contributed by atoms with Crippen molar-refractivity contribution in [1.29, 1.82) is 0 Å². The molecule has 1 aliphatic heterocycles. The normalized spacial score (nSPS) is 16.1. The van der Waals surface area contributed by atoms with Crippen LogP contribution < -0.4 is 5.32 Å². The zero-order valence-electron chi connectivity index (χ0n) is 14.8. The Morgan fingerprint density at radius 1 is 1.07 bits per heavy atom. The van der Waals surface area contributed by atoms with E-state index in [9.17, 15) is 4.79 Å². The first-order chi connectivity index (χ1) is 13.7. The highest BCUT2D eigenvalue weighted by molar-refractivity contribution is 9.10. The minimum Gasteiger partial charge on any atom is -0.467 e. The fourth-order valence-electron chi connectivity index (χ4n) is 3.65.